The smallest absolute Gasteiger partial charge is 0.261 e. The number of benzene rings is 1. The zero-order valence-electron chi connectivity index (χ0n) is 14.3. The van der Waals surface area contributed by atoms with Gasteiger partial charge in [0.05, 0.1) is 18.9 Å². The van der Waals surface area contributed by atoms with Gasteiger partial charge in [0.1, 0.15) is 5.56 Å². The number of carbonyl (C=O) groups is 1. The lowest BCUT2D eigenvalue weighted by atomic mass is 10.0. The molecule has 0 aliphatic carbocycles. The van der Waals surface area contributed by atoms with Gasteiger partial charge in [0, 0.05) is 30.4 Å². The molecule has 1 saturated heterocycles. The number of rotatable bonds is 4. The standard InChI is InChI=1S/C18H23N3O3/c1-12(2)17-16(13(3)20-24-17)18(22)19-14-4-6-15(7-5-14)21-8-10-23-11-9-21/h4-7,12H,8-11H2,1-3H3,(H,19,22). The number of aryl methyl sites for hydroxylation is 1. The van der Waals surface area contributed by atoms with Gasteiger partial charge in [-0.3, -0.25) is 4.79 Å². The molecule has 1 aromatic heterocycles. The van der Waals surface area contributed by atoms with Gasteiger partial charge >= 0.3 is 0 Å². The van der Waals surface area contributed by atoms with Crippen molar-refractivity contribution in [2.24, 2.45) is 0 Å². The molecule has 128 valence electrons. The third-order valence-electron chi connectivity index (χ3n) is 4.14. The van der Waals surface area contributed by atoms with Crippen LogP contribution < -0.4 is 10.2 Å². The lowest BCUT2D eigenvalue weighted by Gasteiger charge is -2.28. The van der Waals surface area contributed by atoms with E-state index in [1.165, 1.54) is 0 Å². The highest BCUT2D eigenvalue weighted by Gasteiger charge is 2.22. The SMILES string of the molecule is Cc1noc(C(C)C)c1C(=O)Nc1ccc(N2CCOCC2)cc1. The molecule has 0 atom stereocenters. The van der Waals surface area contributed by atoms with Crippen LogP contribution in [0.3, 0.4) is 0 Å². The maximum absolute atomic E-state index is 12.6. The number of ether oxygens (including phenoxy) is 1. The van der Waals surface area contributed by atoms with Crippen LogP contribution in [0.1, 0.15) is 41.6 Å². The lowest BCUT2D eigenvalue weighted by molar-refractivity contribution is 0.102. The molecule has 1 N–H and O–H groups in total. The summed E-state index contributed by atoms with van der Waals surface area (Å²) in [7, 11) is 0. The molecule has 0 saturated carbocycles. The molecule has 3 rings (SSSR count). The van der Waals surface area contributed by atoms with E-state index in [2.05, 4.69) is 15.4 Å². The van der Waals surface area contributed by atoms with Crippen LogP contribution in [-0.4, -0.2) is 37.4 Å². The molecule has 6 heteroatoms. The third-order valence-corrected chi connectivity index (χ3v) is 4.14. The molecule has 0 bridgehead atoms. The maximum atomic E-state index is 12.6. The van der Waals surface area contributed by atoms with Crippen molar-refractivity contribution >= 4 is 17.3 Å². The first-order valence-electron chi connectivity index (χ1n) is 8.26. The van der Waals surface area contributed by atoms with Crippen LogP contribution in [-0.2, 0) is 4.74 Å². The van der Waals surface area contributed by atoms with Gasteiger partial charge in [0.2, 0.25) is 0 Å². The fourth-order valence-electron chi connectivity index (χ4n) is 2.83. The van der Waals surface area contributed by atoms with Crippen LogP contribution in [0.25, 0.3) is 0 Å². The largest absolute Gasteiger partial charge is 0.378 e. The average molecular weight is 329 g/mol. The zero-order chi connectivity index (χ0) is 17.1. The predicted octanol–water partition coefficient (Wildman–Crippen LogP) is 3.20. The Bertz CT molecular complexity index is 701. The van der Waals surface area contributed by atoms with Crippen molar-refractivity contribution in [1.29, 1.82) is 0 Å². The number of anilines is 2. The van der Waals surface area contributed by atoms with E-state index in [1.807, 2.05) is 38.1 Å². The minimum atomic E-state index is -0.184. The highest BCUT2D eigenvalue weighted by Crippen LogP contribution is 2.24. The Morgan fingerprint density at radius 3 is 2.50 bits per heavy atom. The Labute approximate surface area is 141 Å². The molecule has 0 radical (unpaired) electrons. The van der Waals surface area contributed by atoms with E-state index in [-0.39, 0.29) is 11.8 Å². The molecule has 1 aliphatic rings. The van der Waals surface area contributed by atoms with Crippen LogP contribution in [0.4, 0.5) is 11.4 Å². The molecule has 24 heavy (non-hydrogen) atoms. The number of aromatic nitrogens is 1. The van der Waals surface area contributed by atoms with Gasteiger partial charge in [-0.1, -0.05) is 19.0 Å². The number of hydrogen-bond donors (Lipinski definition) is 1. The summed E-state index contributed by atoms with van der Waals surface area (Å²) in [6, 6.07) is 7.87. The normalized spacial score (nSPS) is 14.9. The Morgan fingerprint density at radius 1 is 1.21 bits per heavy atom. The zero-order valence-corrected chi connectivity index (χ0v) is 14.3. The van der Waals surface area contributed by atoms with Gasteiger partial charge < -0.3 is 19.5 Å². The minimum Gasteiger partial charge on any atom is -0.378 e. The van der Waals surface area contributed by atoms with Crippen molar-refractivity contribution in [3.05, 3.63) is 41.3 Å². The van der Waals surface area contributed by atoms with Crippen molar-refractivity contribution in [3.63, 3.8) is 0 Å². The van der Waals surface area contributed by atoms with E-state index in [9.17, 15) is 4.79 Å². The number of carbonyl (C=O) groups excluding carboxylic acids is 1. The quantitative estimate of drug-likeness (QED) is 0.933. The van der Waals surface area contributed by atoms with Gasteiger partial charge in [-0.2, -0.15) is 0 Å². The van der Waals surface area contributed by atoms with Gasteiger partial charge in [0.15, 0.2) is 5.76 Å². The fraction of sp³-hybridized carbons (Fsp3) is 0.444. The predicted molar refractivity (Wildman–Crippen MR) is 92.8 cm³/mol. The molecule has 1 amide bonds. The summed E-state index contributed by atoms with van der Waals surface area (Å²) < 4.78 is 10.7. The summed E-state index contributed by atoms with van der Waals surface area (Å²) in [6.45, 7) is 9.03. The summed E-state index contributed by atoms with van der Waals surface area (Å²) >= 11 is 0. The Balaban J connectivity index is 1.72. The first-order valence-corrected chi connectivity index (χ1v) is 8.26. The van der Waals surface area contributed by atoms with Gasteiger partial charge in [-0.15, -0.1) is 0 Å². The molecule has 6 nitrogen and oxygen atoms in total. The van der Waals surface area contributed by atoms with Crippen molar-refractivity contribution in [3.8, 4) is 0 Å². The van der Waals surface area contributed by atoms with Crippen molar-refractivity contribution in [2.45, 2.75) is 26.7 Å². The number of nitrogens with zero attached hydrogens (tertiary/aromatic N) is 2. The highest BCUT2D eigenvalue weighted by atomic mass is 16.5. The van der Waals surface area contributed by atoms with Crippen molar-refractivity contribution < 1.29 is 14.1 Å². The summed E-state index contributed by atoms with van der Waals surface area (Å²) in [4.78, 5) is 14.8. The van der Waals surface area contributed by atoms with Crippen LogP contribution >= 0.6 is 0 Å². The lowest BCUT2D eigenvalue weighted by Crippen LogP contribution is -2.36. The molecular weight excluding hydrogens is 306 g/mol. The van der Waals surface area contributed by atoms with E-state index >= 15 is 0 Å². The molecule has 1 aliphatic heterocycles. The first kappa shape index (κ1) is 16.5. The van der Waals surface area contributed by atoms with Gasteiger partial charge in [-0.05, 0) is 31.2 Å². The van der Waals surface area contributed by atoms with Crippen LogP contribution in [0.15, 0.2) is 28.8 Å². The summed E-state index contributed by atoms with van der Waals surface area (Å²) in [6.07, 6.45) is 0. The van der Waals surface area contributed by atoms with E-state index in [4.69, 9.17) is 9.26 Å². The third kappa shape index (κ3) is 3.43. The second-order valence-corrected chi connectivity index (χ2v) is 6.26. The molecule has 1 fully saturated rings. The van der Waals surface area contributed by atoms with Gasteiger partial charge in [-0.25, -0.2) is 0 Å². The summed E-state index contributed by atoms with van der Waals surface area (Å²) in [5, 5.41) is 6.85. The number of amides is 1. The van der Waals surface area contributed by atoms with Gasteiger partial charge in [0.25, 0.3) is 5.91 Å². The van der Waals surface area contributed by atoms with E-state index in [0.717, 1.165) is 37.7 Å². The number of nitrogens with one attached hydrogen (secondary N) is 1. The second kappa shape index (κ2) is 7.05. The average Bonchev–Trinajstić information content (AvgIpc) is 2.98. The summed E-state index contributed by atoms with van der Waals surface area (Å²) in [5.41, 5.74) is 3.04. The van der Waals surface area contributed by atoms with E-state index in [1.54, 1.807) is 6.92 Å². The number of hydrogen-bond acceptors (Lipinski definition) is 5. The minimum absolute atomic E-state index is 0.107. The monoisotopic (exact) mass is 329 g/mol. The molecule has 1 aromatic carbocycles. The topological polar surface area (TPSA) is 67.6 Å². The molecule has 0 spiro atoms. The van der Waals surface area contributed by atoms with Crippen LogP contribution in [0.2, 0.25) is 0 Å². The van der Waals surface area contributed by atoms with Crippen molar-refractivity contribution in [1.82, 2.24) is 5.16 Å². The summed E-state index contributed by atoms with van der Waals surface area (Å²) in [5.74, 6) is 0.544. The molecule has 2 aromatic rings. The van der Waals surface area contributed by atoms with E-state index < -0.39 is 0 Å². The second-order valence-electron chi connectivity index (χ2n) is 6.26. The first-order chi connectivity index (χ1) is 11.6. The maximum Gasteiger partial charge on any atom is 0.261 e. The number of morpholine rings is 1. The Hall–Kier alpha value is -2.34. The van der Waals surface area contributed by atoms with Crippen LogP contribution in [0, 0.1) is 6.92 Å². The highest BCUT2D eigenvalue weighted by molar-refractivity contribution is 6.05. The Morgan fingerprint density at radius 2 is 1.88 bits per heavy atom. The molecule has 0 unspecified atom stereocenters. The Kier molecular flexibility index (Phi) is 4.85. The molecular formula is C18H23N3O3. The molecule has 2 heterocycles. The van der Waals surface area contributed by atoms with Crippen LogP contribution in [0.5, 0.6) is 0 Å². The van der Waals surface area contributed by atoms with E-state index in [0.29, 0.717) is 17.0 Å². The fourth-order valence-corrected chi connectivity index (χ4v) is 2.83. The van der Waals surface area contributed by atoms with Crippen molar-refractivity contribution in [2.75, 3.05) is 36.5 Å².